The first-order valence-corrected chi connectivity index (χ1v) is 10.7. The molecule has 2 saturated heterocycles. The van der Waals surface area contributed by atoms with E-state index in [2.05, 4.69) is 41.4 Å². The van der Waals surface area contributed by atoms with Gasteiger partial charge in [0.15, 0.2) is 0 Å². The van der Waals surface area contributed by atoms with Crippen molar-refractivity contribution in [1.29, 1.82) is 0 Å². The van der Waals surface area contributed by atoms with Crippen LogP contribution in [0.25, 0.3) is 0 Å². The fourth-order valence-corrected chi connectivity index (χ4v) is 4.05. The molecule has 7 heteroatoms. The zero-order chi connectivity index (χ0) is 21.8. The minimum absolute atomic E-state index is 0.0626. The Kier molecular flexibility index (Phi) is 6.44. The molecular formula is C24H27N3O4. The highest BCUT2D eigenvalue weighted by atomic mass is 16.5. The lowest BCUT2D eigenvalue weighted by atomic mass is 10.0. The molecule has 2 heterocycles. The van der Waals surface area contributed by atoms with Crippen LogP contribution in [-0.2, 0) is 14.3 Å². The standard InChI is InChI=1S/C24H27N3O4/c1-17-2-4-18(5-3-17)21(26-12-14-31-15-13-26)16-25-24(30)19-6-8-20(9-7-19)27-22(28)10-11-23(27)29/h2-9,21H,10-16H2,1H3,(H,25,30). The molecule has 2 aliphatic heterocycles. The monoisotopic (exact) mass is 421 g/mol. The summed E-state index contributed by atoms with van der Waals surface area (Å²) in [4.78, 5) is 40.1. The molecule has 2 aromatic rings. The van der Waals surface area contributed by atoms with Crippen LogP contribution >= 0.6 is 0 Å². The van der Waals surface area contributed by atoms with E-state index < -0.39 is 0 Å². The minimum atomic E-state index is -0.200. The molecule has 7 nitrogen and oxygen atoms in total. The largest absolute Gasteiger partial charge is 0.379 e. The van der Waals surface area contributed by atoms with E-state index in [9.17, 15) is 14.4 Å². The highest BCUT2D eigenvalue weighted by Gasteiger charge is 2.30. The number of hydrogen-bond acceptors (Lipinski definition) is 5. The summed E-state index contributed by atoms with van der Waals surface area (Å²) in [6.45, 7) is 5.55. The van der Waals surface area contributed by atoms with Gasteiger partial charge in [0.05, 0.1) is 24.9 Å². The SMILES string of the molecule is Cc1ccc(C(CNC(=O)c2ccc(N3C(=O)CCC3=O)cc2)N2CCOCC2)cc1. The molecule has 2 aromatic carbocycles. The van der Waals surface area contributed by atoms with Gasteiger partial charge in [-0.2, -0.15) is 0 Å². The van der Waals surface area contributed by atoms with Crippen LogP contribution in [0.4, 0.5) is 5.69 Å². The van der Waals surface area contributed by atoms with Gasteiger partial charge in [0.1, 0.15) is 0 Å². The molecule has 1 unspecified atom stereocenters. The number of rotatable bonds is 6. The lowest BCUT2D eigenvalue weighted by Gasteiger charge is -2.35. The van der Waals surface area contributed by atoms with Crippen molar-refractivity contribution in [3.8, 4) is 0 Å². The van der Waals surface area contributed by atoms with Crippen molar-refractivity contribution in [1.82, 2.24) is 10.2 Å². The van der Waals surface area contributed by atoms with Crippen molar-refractivity contribution in [3.63, 3.8) is 0 Å². The van der Waals surface area contributed by atoms with Crippen LogP contribution in [0, 0.1) is 6.92 Å². The molecule has 162 valence electrons. The Morgan fingerprint density at radius 2 is 1.58 bits per heavy atom. The summed E-state index contributed by atoms with van der Waals surface area (Å²) in [5.74, 6) is -0.585. The van der Waals surface area contributed by atoms with Gasteiger partial charge in [0.25, 0.3) is 5.91 Å². The first-order chi connectivity index (χ1) is 15.0. The van der Waals surface area contributed by atoms with Crippen molar-refractivity contribution in [2.75, 3.05) is 37.7 Å². The van der Waals surface area contributed by atoms with E-state index in [1.54, 1.807) is 24.3 Å². The molecule has 0 bridgehead atoms. The second kappa shape index (κ2) is 9.41. The van der Waals surface area contributed by atoms with Gasteiger partial charge >= 0.3 is 0 Å². The Labute approximate surface area is 182 Å². The summed E-state index contributed by atoms with van der Waals surface area (Å²) >= 11 is 0. The van der Waals surface area contributed by atoms with Gasteiger partial charge in [0.2, 0.25) is 11.8 Å². The smallest absolute Gasteiger partial charge is 0.251 e. The Morgan fingerprint density at radius 1 is 0.968 bits per heavy atom. The number of anilines is 1. The van der Waals surface area contributed by atoms with Crippen molar-refractivity contribution in [3.05, 3.63) is 65.2 Å². The number of ether oxygens (including phenoxy) is 1. The molecule has 0 radical (unpaired) electrons. The maximum Gasteiger partial charge on any atom is 0.251 e. The number of nitrogens with one attached hydrogen (secondary N) is 1. The van der Waals surface area contributed by atoms with E-state index in [-0.39, 0.29) is 36.6 Å². The number of benzene rings is 2. The lowest BCUT2D eigenvalue weighted by Crippen LogP contribution is -2.43. The first-order valence-electron chi connectivity index (χ1n) is 10.7. The van der Waals surface area contributed by atoms with E-state index in [1.165, 1.54) is 10.5 Å². The highest BCUT2D eigenvalue weighted by molar-refractivity contribution is 6.19. The van der Waals surface area contributed by atoms with Gasteiger partial charge < -0.3 is 10.1 Å². The van der Waals surface area contributed by atoms with E-state index >= 15 is 0 Å². The molecule has 4 rings (SSSR count). The number of morpholine rings is 1. The molecule has 1 N–H and O–H groups in total. The Bertz CT molecular complexity index is 934. The number of carbonyl (C=O) groups is 3. The molecule has 1 atom stereocenters. The predicted molar refractivity (Wildman–Crippen MR) is 117 cm³/mol. The van der Waals surface area contributed by atoms with Gasteiger partial charge in [-0.3, -0.25) is 24.2 Å². The quantitative estimate of drug-likeness (QED) is 0.725. The zero-order valence-corrected chi connectivity index (χ0v) is 17.7. The van der Waals surface area contributed by atoms with E-state index in [4.69, 9.17) is 4.74 Å². The number of imide groups is 1. The molecule has 31 heavy (non-hydrogen) atoms. The van der Waals surface area contributed by atoms with E-state index in [0.29, 0.717) is 31.0 Å². The molecule has 0 spiro atoms. The summed E-state index contributed by atoms with van der Waals surface area (Å²) in [6.07, 6.45) is 0.478. The molecule has 0 aromatic heterocycles. The molecule has 3 amide bonds. The fraction of sp³-hybridized carbons (Fsp3) is 0.375. The molecule has 0 aliphatic carbocycles. The van der Waals surface area contributed by atoms with Gasteiger partial charge in [-0.1, -0.05) is 29.8 Å². The third-order valence-corrected chi connectivity index (χ3v) is 5.84. The van der Waals surface area contributed by atoms with Crippen LogP contribution in [0.2, 0.25) is 0 Å². The van der Waals surface area contributed by atoms with E-state index in [0.717, 1.165) is 18.7 Å². The highest BCUT2D eigenvalue weighted by Crippen LogP contribution is 2.24. The second-order valence-corrected chi connectivity index (χ2v) is 7.95. The van der Waals surface area contributed by atoms with Crippen LogP contribution in [0.5, 0.6) is 0 Å². The number of aryl methyl sites for hydroxylation is 1. The lowest BCUT2D eigenvalue weighted by molar-refractivity contribution is -0.121. The number of hydrogen-bond donors (Lipinski definition) is 1. The minimum Gasteiger partial charge on any atom is -0.379 e. The van der Waals surface area contributed by atoms with Crippen LogP contribution in [0.15, 0.2) is 48.5 Å². The van der Waals surface area contributed by atoms with Crippen molar-refractivity contribution >= 4 is 23.4 Å². The van der Waals surface area contributed by atoms with Gasteiger partial charge in [-0.15, -0.1) is 0 Å². The Balaban J connectivity index is 1.44. The Hall–Kier alpha value is -3.03. The number of nitrogens with zero attached hydrogens (tertiary/aromatic N) is 2. The summed E-state index contributed by atoms with van der Waals surface area (Å²) < 4.78 is 5.49. The average Bonchev–Trinajstić information content (AvgIpc) is 3.13. The number of carbonyl (C=O) groups excluding carboxylic acids is 3. The summed E-state index contributed by atoms with van der Waals surface area (Å²) in [5, 5.41) is 3.05. The van der Waals surface area contributed by atoms with Gasteiger partial charge in [0, 0.05) is 38.0 Å². The van der Waals surface area contributed by atoms with Crippen LogP contribution < -0.4 is 10.2 Å². The van der Waals surface area contributed by atoms with Crippen LogP contribution in [-0.4, -0.2) is 55.5 Å². The Morgan fingerprint density at radius 3 is 2.19 bits per heavy atom. The van der Waals surface area contributed by atoms with E-state index in [1.807, 2.05) is 0 Å². The summed E-state index contributed by atoms with van der Waals surface area (Å²) in [7, 11) is 0. The molecule has 2 aliphatic rings. The average molecular weight is 421 g/mol. The topological polar surface area (TPSA) is 79.0 Å². The second-order valence-electron chi connectivity index (χ2n) is 7.95. The molecule has 2 fully saturated rings. The third-order valence-electron chi connectivity index (χ3n) is 5.84. The van der Waals surface area contributed by atoms with Crippen molar-refractivity contribution < 1.29 is 19.1 Å². The molecular weight excluding hydrogens is 394 g/mol. The van der Waals surface area contributed by atoms with Crippen molar-refractivity contribution in [2.24, 2.45) is 0 Å². The number of amides is 3. The summed E-state index contributed by atoms with van der Waals surface area (Å²) in [5.41, 5.74) is 3.36. The van der Waals surface area contributed by atoms with Gasteiger partial charge in [-0.25, -0.2) is 0 Å². The van der Waals surface area contributed by atoms with Crippen molar-refractivity contribution in [2.45, 2.75) is 25.8 Å². The zero-order valence-electron chi connectivity index (χ0n) is 17.7. The third kappa shape index (κ3) is 4.84. The normalized spacial score (nSPS) is 18.3. The predicted octanol–water partition coefficient (Wildman–Crippen LogP) is 2.45. The maximum atomic E-state index is 12.8. The maximum absolute atomic E-state index is 12.8. The van der Waals surface area contributed by atoms with Crippen LogP contribution in [0.3, 0.4) is 0 Å². The fourth-order valence-electron chi connectivity index (χ4n) is 4.05. The first kappa shape index (κ1) is 21.2. The van der Waals surface area contributed by atoms with Crippen LogP contribution in [0.1, 0.15) is 40.4 Å². The molecule has 0 saturated carbocycles. The van der Waals surface area contributed by atoms with Gasteiger partial charge in [-0.05, 0) is 36.8 Å². The summed E-state index contributed by atoms with van der Waals surface area (Å²) in [6, 6.07) is 15.1.